The quantitative estimate of drug-likeness (QED) is 0.117. The van der Waals surface area contributed by atoms with E-state index in [0.717, 1.165) is 55.5 Å². The number of hydrogen-bond acceptors (Lipinski definition) is 5. The molecule has 3 aliphatic rings. The van der Waals surface area contributed by atoms with E-state index in [0.29, 0.717) is 26.3 Å². The first-order valence-corrected chi connectivity index (χ1v) is 17.5. The molecule has 3 aromatic carbocycles. The van der Waals surface area contributed by atoms with Crippen LogP contribution in [-0.2, 0) is 32.1 Å². The molecule has 0 radical (unpaired) electrons. The third-order valence-electron chi connectivity index (χ3n) is 9.97. The van der Waals surface area contributed by atoms with Gasteiger partial charge in [0.05, 0.1) is 11.5 Å². The van der Waals surface area contributed by atoms with Crippen molar-refractivity contribution in [2.24, 2.45) is 5.92 Å². The van der Waals surface area contributed by atoms with Crippen LogP contribution < -0.4 is 0 Å². The van der Waals surface area contributed by atoms with E-state index in [-0.39, 0.29) is 35.2 Å². The van der Waals surface area contributed by atoms with Gasteiger partial charge in [0.25, 0.3) is 5.91 Å². The smallest absolute Gasteiger partial charge is 0.255 e. The van der Waals surface area contributed by atoms with E-state index in [4.69, 9.17) is 14.2 Å². The summed E-state index contributed by atoms with van der Waals surface area (Å²) in [7, 11) is 1.74. The first kappa shape index (κ1) is 33.0. The number of likely N-dealkylation sites (tertiary alicyclic amines) is 1. The number of nitrogens with zero attached hydrogens (tertiary/aromatic N) is 3. The summed E-state index contributed by atoms with van der Waals surface area (Å²) in [5.41, 5.74) is 4.89. The maximum absolute atomic E-state index is 15.0. The van der Waals surface area contributed by atoms with Crippen LogP contribution in [0.5, 0.6) is 0 Å². The molecule has 2 aliphatic heterocycles. The number of piperidine rings is 1. The zero-order chi connectivity index (χ0) is 33.5. The van der Waals surface area contributed by atoms with E-state index in [1.165, 1.54) is 22.5 Å². The first-order chi connectivity index (χ1) is 23.1. The maximum atomic E-state index is 15.0. The third-order valence-corrected chi connectivity index (χ3v) is 9.97. The Hall–Kier alpha value is -3.56. The molecule has 3 heterocycles. The number of halogens is 1. The molecule has 7 nitrogen and oxygen atoms in total. The number of fused-ring (bicyclic) bond motifs is 1. The van der Waals surface area contributed by atoms with E-state index in [1.54, 1.807) is 19.2 Å². The molecular formula is C40H48FN3O4. The Morgan fingerprint density at radius 2 is 1.77 bits per heavy atom. The molecule has 1 aliphatic carbocycles. The van der Waals surface area contributed by atoms with E-state index >= 15 is 4.79 Å². The molecule has 254 valence electrons. The number of carbonyl (C=O) groups is 1. The molecule has 0 bridgehead atoms. The Morgan fingerprint density at radius 1 is 1.02 bits per heavy atom. The minimum atomic E-state index is -0.787. The average molecular weight is 654 g/mol. The summed E-state index contributed by atoms with van der Waals surface area (Å²) in [6, 6.07) is 23.8. The van der Waals surface area contributed by atoms with Gasteiger partial charge < -0.3 is 23.7 Å². The number of methoxy groups -OCH3 is 1. The van der Waals surface area contributed by atoms with E-state index in [9.17, 15) is 4.39 Å². The molecule has 1 aromatic heterocycles. The summed E-state index contributed by atoms with van der Waals surface area (Å²) < 4.78 is 34.3. The Labute approximate surface area is 283 Å². The minimum absolute atomic E-state index is 0.00401. The second-order valence-corrected chi connectivity index (χ2v) is 14.7. The van der Waals surface area contributed by atoms with Gasteiger partial charge in [0, 0.05) is 63.0 Å². The number of carbonyl (C=O) groups excluding carboxylic acids is 1. The predicted molar refractivity (Wildman–Crippen MR) is 186 cm³/mol. The molecule has 3 fully saturated rings. The molecule has 4 aromatic rings. The van der Waals surface area contributed by atoms with Gasteiger partial charge in [-0.15, -0.1) is 0 Å². The van der Waals surface area contributed by atoms with Crippen molar-refractivity contribution in [3.8, 4) is 11.1 Å². The maximum Gasteiger partial charge on any atom is 0.255 e. The van der Waals surface area contributed by atoms with Crippen LogP contribution in [0.15, 0.2) is 79.0 Å². The highest BCUT2D eigenvalue weighted by Crippen LogP contribution is 2.45. The lowest BCUT2D eigenvalue weighted by atomic mass is 9.78. The Bertz CT molecular complexity index is 1750. The van der Waals surface area contributed by atoms with Gasteiger partial charge in [-0.05, 0) is 92.8 Å². The van der Waals surface area contributed by atoms with Crippen molar-refractivity contribution in [1.29, 1.82) is 0 Å². The lowest BCUT2D eigenvalue weighted by Crippen LogP contribution is -2.54. The molecular weight excluding hydrogens is 605 g/mol. The number of rotatable bonds is 12. The van der Waals surface area contributed by atoms with Crippen molar-refractivity contribution in [3.63, 3.8) is 0 Å². The summed E-state index contributed by atoms with van der Waals surface area (Å²) in [6.07, 6.45) is 6.00. The fourth-order valence-corrected chi connectivity index (χ4v) is 7.56. The van der Waals surface area contributed by atoms with Crippen molar-refractivity contribution in [3.05, 3.63) is 95.9 Å². The molecule has 0 N–H and O–H groups in total. The monoisotopic (exact) mass is 653 g/mol. The van der Waals surface area contributed by atoms with E-state index in [1.807, 2.05) is 39.0 Å². The number of hydrogen-bond donors (Lipinski definition) is 0. The summed E-state index contributed by atoms with van der Waals surface area (Å²) in [4.78, 5) is 19.5. The van der Waals surface area contributed by atoms with Gasteiger partial charge in [-0.1, -0.05) is 54.6 Å². The van der Waals surface area contributed by atoms with Crippen LogP contribution in [-0.4, -0.2) is 71.2 Å². The lowest BCUT2D eigenvalue weighted by molar-refractivity contribution is -0.213. The van der Waals surface area contributed by atoms with Crippen LogP contribution >= 0.6 is 0 Å². The fourth-order valence-electron chi connectivity index (χ4n) is 7.56. The molecule has 1 saturated carbocycles. The second-order valence-electron chi connectivity index (χ2n) is 14.7. The average Bonchev–Trinajstić information content (AvgIpc) is 4.02. The number of aryl methyl sites for hydroxylation is 1. The highest BCUT2D eigenvalue weighted by Gasteiger charge is 2.57. The van der Waals surface area contributed by atoms with Crippen molar-refractivity contribution in [2.45, 2.75) is 83.0 Å². The van der Waals surface area contributed by atoms with Crippen LogP contribution in [0.4, 0.5) is 4.39 Å². The molecule has 2 saturated heterocycles. The van der Waals surface area contributed by atoms with Crippen LogP contribution in [0.3, 0.4) is 0 Å². The zero-order valence-corrected chi connectivity index (χ0v) is 28.7. The Kier molecular flexibility index (Phi) is 9.20. The van der Waals surface area contributed by atoms with Crippen LogP contribution in [0.2, 0.25) is 0 Å². The fraction of sp³-hybridized carbons (Fsp3) is 0.475. The van der Waals surface area contributed by atoms with Crippen molar-refractivity contribution >= 4 is 16.8 Å². The van der Waals surface area contributed by atoms with Gasteiger partial charge in [-0.25, -0.2) is 9.29 Å². The van der Waals surface area contributed by atoms with Gasteiger partial charge in [0.15, 0.2) is 0 Å². The number of epoxide rings is 1. The highest BCUT2D eigenvalue weighted by molar-refractivity contribution is 5.86. The summed E-state index contributed by atoms with van der Waals surface area (Å²) in [5, 5.41) is 1.20. The van der Waals surface area contributed by atoms with Crippen LogP contribution in [0.1, 0.15) is 63.5 Å². The van der Waals surface area contributed by atoms with E-state index < -0.39 is 5.91 Å². The molecule has 48 heavy (non-hydrogen) atoms. The third kappa shape index (κ3) is 7.08. The number of benzene rings is 3. The molecule has 1 amide bonds. The normalized spacial score (nSPS) is 23.0. The summed E-state index contributed by atoms with van der Waals surface area (Å²) in [6.45, 7) is 10.1. The molecule has 7 rings (SSSR count). The van der Waals surface area contributed by atoms with Gasteiger partial charge in [0.2, 0.25) is 5.91 Å². The standard InChI is InChI=1S/C40H48FN3O4/c1-39(2,3)48-40(27-47-40)43-20-18-34(30-12-7-10-28(22-30)29-11-8-13-32(41)23-29)36(26-43)38(45)44(33-16-17-33)25-31-24-42(19-9-21-46-4)37-15-6-5-14-35(31)37/h5-8,10-15,22-24,33-34,36H,9,16-21,25-27H2,1-4H3/t34-,36+,40?/m1/s1. The first-order valence-electron chi connectivity index (χ1n) is 17.5. The topological polar surface area (TPSA) is 59.5 Å². The highest BCUT2D eigenvalue weighted by atomic mass is 19.1. The Morgan fingerprint density at radius 3 is 2.48 bits per heavy atom. The van der Waals surface area contributed by atoms with Crippen LogP contribution in [0, 0.1) is 11.7 Å². The number of aromatic nitrogens is 1. The van der Waals surface area contributed by atoms with Crippen LogP contribution in [0.25, 0.3) is 22.0 Å². The van der Waals surface area contributed by atoms with Crippen molar-refractivity contribution in [1.82, 2.24) is 14.4 Å². The van der Waals surface area contributed by atoms with Gasteiger partial charge in [-0.3, -0.25) is 4.79 Å². The van der Waals surface area contributed by atoms with Crippen molar-refractivity contribution in [2.75, 3.05) is 33.4 Å². The molecule has 1 unspecified atom stereocenters. The second kappa shape index (κ2) is 13.4. The minimum Gasteiger partial charge on any atom is -0.385 e. The SMILES string of the molecule is COCCCn1cc(CN(C(=O)[C@H]2CN(C3(OC(C)(C)C)CO3)CC[C@@H]2c2cccc(-c3cccc(F)c3)c2)C2CC2)c2ccccc21. The van der Waals surface area contributed by atoms with E-state index in [2.05, 4.69) is 57.0 Å². The molecule has 3 atom stereocenters. The number of amides is 1. The Balaban J connectivity index is 1.21. The predicted octanol–water partition coefficient (Wildman–Crippen LogP) is 7.58. The molecule has 8 heteroatoms. The summed E-state index contributed by atoms with van der Waals surface area (Å²) >= 11 is 0. The van der Waals surface area contributed by atoms with Crippen molar-refractivity contribution < 1.29 is 23.4 Å². The van der Waals surface area contributed by atoms with Gasteiger partial charge >= 0.3 is 0 Å². The lowest BCUT2D eigenvalue weighted by Gasteiger charge is -2.43. The number of ether oxygens (including phenoxy) is 3. The summed E-state index contributed by atoms with van der Waals surface area (Å²) in [5.74, 6) is -1.14. The zero-order valence-electron chi connectivity index (χ0n) is 28.7. The molecule has 0 spiro atoms. The van der Waals surface area contributed by atoms with Gasteiger partial charge in [0.1, 0.15) is 12.4 Å². The largest absolute Gasteiger partial charge is 0.385 e. The number of para-hydroxylation sites is 1. The van der Waals surface area contributed by atoms with Gasteiger partial charge in [-0.2, -0.15) is 0 Å².